The van der Waals surface area contributed by atoms with E-state index < -0.39 is 51.5 Å². The molecule has 0 radical (unpaired) electrons. The van der Waals surface area contributed by atoms with Crippen LogP contribution in [0.2, 0.25) is 0 Å². The molecule has 42 heavy (non-hydrogen) atoms. The van der Waals surface area contributed by atoms with Crippen LogP contribution in [0.25, 0.3) is 0 Å². The lowest BCUT2D eigenvalue weighted by Crippen LogP contribution is -2.58. The fourth-order valence-corrected chi connectivity index (χ4v) is 10.3. The van der Waals surface area contributed by atoms with E-state index in [1.807, 2.05) is 20.8 Å². The van der Waals surface area contributed by atoms with Gasteiger partial charge in [-0.3, -0.25) is 13.8 Å². The summed E-state index contributed by atoms with van der Waals surface area (Å²) in [5.41, 5.74) is -1.16. The molecule has 7 aliphatic rings. The SMILES string of the molecule is CCC(C)(C)C(=O)OC1(C)C2CC3CC(C2)CC1C3.CCC(C)(C)C(=O)OCC(=O)OC1C2CC3C1OS(=O)(=O)C3C2. The van der Waals surface area contributed by atoms with Gasteiger partial charge in [-0.25, -0.2) is 4.79 Å². The fraction of sp³-hybridized carbons (Fsp3) is 0.906. The van der Waals surface area contributed by atoms with Crippen LogP contribution in [0, 0.1) is 46.3 Å². The molecule has 6 bridgehead atoms. The van der Waals surface area contributed by atoms with Crippen molar-refractivity contribution in [1.82, 2.24) is 0 Å². The van der Waals surface area contributed by atoms with E-state index >= 15 is 0 Å². The van der Waals surface area contributed by atoms with Crippen LogP contribution in [0.1, 0.15) is 106 Å². The highest BCUT2D eigenvalue weighted by molar-refractivity contribution is 7.87. The monoisotopic (exact) mass is 610 g/mol. The summed E-state index contributed by atoms with van der Waals surface area (Å²) in [4.78, 5) is 36.2. The van der Waals surface area contributed by atoms with Gasteiger partial charge >= 0.3 is 17.9 Å². The van der Waals surface area contributed by atoms with Gasteiger partial charge in [-0.2, -0.15) is 8.42 Å². The van der Waals surface area contributed by atoms with Crippen LogP contribution in [0.3, 0.4) is 0 Å². The Hall–Kier alpha value is -1.68. The summed E-state index contributed by atoms with van der Waals surface area (Å²) < 4.78 is 45.3. The number of esters is 3. The third-order valence-electron chi connectivity index (χ3n) is 11.9. The van der Waals surface area contributed by atoms with E-state index in [0.717, 1.165) is 18.3 Å². The second-order valence-corrected chi connectivity index (χ2v) is 17.2. The minimum atomic E-state index is -3.53. The van der Waals surface area contributed by atoms with Crippen LogP contribution in [-0.2, 0) is 42.9 Å². The summed E-state index contributed by atoms with van der Waals surface area (Å²) in [7, 11) is -3.53. The molecule has 0 aromatic carbocycles. The maximum absolute atomic E-state index is 12.5. The lowest BCUT2D eigenvalue weighted by molar-refractivity contribution is -0.211. The molecule has 0 N–H and O–H groups in total. The van der Waals surface area contributed by atoms with E-state index in [9.17, 15) is 22.8 Å². The van der Waals surface area contributed by atoms with Crippen LogP contribution >= 0.6 is 0 Å². The zero-order chi connectivity index (χ0) is 30.8. The quantitative estimate of drug-likeness (QED) is 0.207. The molecule has 7 fully saturated rings. The van der Waals surface area contributed by atoms with E-state index in [-0.39, 0.29) is 28.8 Å². The molecule has 6 saturated carbocycles. The van der Waals surface area contributed by atoms with Crippen molar-refractivity contribution in [2.24, 2.45) is 46.3 Å². The number of carbonyl (C=O) groups is 3. The number of hydrogen-bond donors (Lipinski definition) is 0. The minimum absolute atomic E-state index is 0.0130. The number of hydrogen-bond acceptors (Lipinski definition) is 9. The number of fused-ring (bicyclic) bond motifs is 1. The highest BCUT2D eigenvalue weighted by atomic mass is 32.2. The molecule has 0 amide bonds. The molecule has 0 aromatic rings. The van der Waals surface area contributed by atoms with E-state index in [0.29, 0.717) is 31.1 Å². The van der Waals surface area contributed by atoms with Gasteiger partial charge in [-0.1, -0.05) is 13.8 Å². The van der Waals surface area contributed by atoms with E-state index in [1.54, 1.807) is 13.8 Å². The normalized spacial score (nSPS) is 40.3. The van der Waals surface area contributed by atoms with Crippen molar-refractivity contribution in [3.8, 4) is 0 Å². The van der Waals surface area contributed by atoms with Gasteiger partial charge in [0.2, 0.25) is 0 Å². The van der Waals surface area contributed by atoms with Gasteiger partial charge in [0.1, 0.15) is 17.8 Å². The smallest absolute Gasteiger partial charge is 0.344 e. The summed E-state index contributed by atoms with van der Waals surface area (Å²) >= 11 is 0. The molecule has 1 aliphatic heterocycles. The van der Waals surface area contributed by atoms with Gasteiger partial charge in [-0.15, -0.1) is 0 Å². The summed E-state index contributed by atoms with van der Waals surface area (Å²) in [5.74, 6) is 1.94. The van der Waals surface area contributed by atoms with E-state index in [2.05, 4.69) is 13.8 Å². The Morgan fingerprint density at radius 3 is 1.93 bits per heavy atom. The maximum Gasteiger partial charge on any atom is 0.344 e. The second kappa shape index (κ2) is 11.0. The van der Waals surface area contributed by atoms with Crippen LogP contribution in [0.5, 0.6) is 0 Å². The second-order valence-electron chi connectivity index (χ2n) is 15.4. The van der Waals surface area contributed by atoms with Crippen molar-refractivity contribution >= 4 is 28.0 Å². The number of carbonyl (C=O) groups excluding carboxylic acids is 3. The Morgan fingerprint density at radius 1 is 0.833 bits per heavy atom. The third-order valence-corrected chi connectivity index (χ3v) is 13.7. The first kappa shape index (κ1) is 31.7. The predicted octanol–water partition coefficient (Wildman–Crippen LogP) is 5.20. The molecular formula is C32H50O9S. The zero-order valence-electron chi connectivity index (χ0n) is 26.3. The Labute approximate surface area is 251 Å². The Balaban J connectivity index is 0.000000171. The number of ether oxygens (including phenoxy) is 3. The van der Waals surface area contributed by atoms with Crippen LogP contribution in [0.4, 0.5) is 0 Å². The Kier molecular flexibility index (Phi) is 8.34. The van der Waals surface area contributed by atoms with Crippen LogP contribution in [-0.4, -0.2) is 56.0 Å². The minimum Gasteiger partial charge on any atom is -0.458 e. The van der Waals surface area contributed by atoms with Crippen LogP contribution in [0.15, 0.2) is 0 Å². The maximum atomic E-state index is 12.5. The van der Waals surface area contributed by atoms with E-state index in [1.165, 1.54) is 32.1 Å². The molecule has 7 rings (SSSR count). The lowest BCUT2D eigenvalue weighted by atomic mass is 9.50. The average Bonchev–Trinajstić information content (AvgIpc) is 3.55. The average molecular weight is 611 g/mol. The first-order chi connectivity index (χ1) is 19.5. The Morgan fingerprint density at radius 2 is 1.38 bits per heavy atom. The van der Waals surface area contributed by atoms with Crippen LogP contribution < -0.4 is 0 Å². The van der Waals surface area contributed by atoms with Gasteiger partial charge in [0, 0.05) is 11.8 Å². The number of rotatable bonds is 8. The standard InChI is InChI=1S/C17H28O2.C15H22O7S/c1-5-16(2,3)15(18)19-17(4)13-7-11-6-12(9-13)10-14(17)8-11;1-4-15(2,3)14(17)20-7-11(16)21-12-8-5-9-10(6-8)23(18,19)22-13(9)12/h11-14H,5-10H2,1-4H3;8-10,12-13H,4-7H2,1-3H3. The summed E-state index contributed by atoms with van der Waals surface area (Å²) in [6, 6.07) is 0. The molecule has 0 spiro atoms. The van der Waals surface area contributed by atoms with Gasteiger partial charge in [-0.05, 0) is 116 Å². The first-order valence-electron chi connectivity index (χ1n) is 16.0. The highest BCUT2D eigenvalue weighted by Crippen LogP contribution is 2.60. The van der Waals surface area contributed by atoms with Crippen molar-refractivity contribution in [3.05, 3.63) is 0 Å². The molecule has 238 valence electrons. The lowest BCUT2D eigenvalue weighted by Gasteiger charge is -2.59. The fourth-order valence-electron chi connectivity index (χ4n) is 8.46. The van der Waals surface area contributed by atoms with Crippen molar-refractivity contribution < 1.29 is 41.2 Å². The first-order valence-corrected chi connectivity index (χ1v) is 17.5. The molecule has 1 heterocycles. The van der Waals surface area contributed by atoms with Crippen molar-refractivity contribution in [3.63, 3.8) is 0 Å². The molecule has 6 aliphatic carbocycles. The van der Waals surface area contributed by atoms with Gasteiger partial charge in [0.15, 0.2) is 6.61 Å². The summed E-state index contributed by atoms with van der Waals surface area (Å²) in [5, 5.41) is -0.448. The summed E-state index contributed by atoms with van der Waals surface area (Å²) in [6.07, 6.45) is 8.12. The Bertz CT molecular complexity index is 1160. The highest BCUT2D eigenvalue weighted by Gasteiger charge is 2.65. The summed E-state index contributed by atoms with van der Waals surface area (Å²) in [6.45, 7) is 13.2. The molecule has 0 aromatic heterocycles. The van der Waals surface area contributed by atoms with Crippen molar-refractivity contribution in [1.29, 1.82) is 0 Å². The van der Waals surface area contributed by atoms with Gasteiger partial charge in [0.25, 0.3) is 10.1 Å². The van der Waals surface area contributed by atoms with Crippen molar-refractivity contribution in [2.75, 3.05) is 6.61 Å². The molecule has 5 unspecified atom stereocenters. The largest absolute Gasteiger partial charge is 0.458 e. The third kappa shape index (κ3) is 5.64. The molecule has 5 atom stereocenters. The van der Waals surface area contributed by atoms with E-state index in [4.69, 9.17) is 18.4 Å². The molecule has 10 heteroatoms. The molecule has 1 saturated heterocycles. The zero-order valence-corrected chi connectivity index (χ0v) is 27.2. The van der Waals surface area contributed by atoms with Gasteiger partial charge in [0.05, 0.1) is 16.1 Å². The predicted molar refractivity (Wildman–Crippen MR) is 154 cm³/mol. The molecular weight excluding hydrogens is 560 g/mol. The topological polar surface area (TPSA) is 122 Å². The van der Waals surface area contributed by atoms with Gasteiger partial charge < -0.3 is 14.2 Å². The van der Waals surface area contributed by atoms with Crippen molar-refractivity contribution in [2.45, 2.75) is 129 Å². The molecule has 9 nitrogen and oxygen atoms in total.